The van der Waals surface area contributed by atoms with Crippen LogP contribution in [0.4, 0.5) is 0 Å². The third-order valence-corrected chi connectivity index (χ3v) is 5.00. The summed E-state index contributed by atoms with van der Waals surface area (Å²) in [6.45, 7) is 0. The van der Waals surface area contributed by atoms with Gasteiger partial charge in [0, 0.05) is 5.02 Å². The van der Waals surface area contributed by atoms with E-state index in [1.54, 1.807) is 17.5 Å². The molecule has 0 fully saturated rings. The van der Waals surface area contributed by atoms with Crippen LogP contribution in [0.1, 0.15) is 5.56 Å². The van der Waals surface area contributed by atoms with Crippen LogP contribution in [-0.4, -0.2) is 8.42 Å². The maximum atomic E-state index is 12.3. The summed E-state index contributed by atoms with van der Waals surface area (Å²) in [5.74, 6) is 0. The van der Waals surface area contributed by atoms with Crippen LogP contribution >= 0.6 is 22.9 Å². The molecule has 0 unspecified atom stereocenters. The molecule has 0 saturated carbocycles. The van der Waals surface area contributed by atoms with Gasteiger partial charge in [0.2, 0.25) is 9.84 Å². The zero-order valence-corrected chi connectivity index (χ0v) is 12.0. The zero-order valence-electron chi connectivity index (χ0n) is 9.58. The molecule has 0 bridgehead atoms. The van der Waals surface area contributed by atoms with Crippen LogP contribution in [0.3, 0.4) is 0 Å². The monoisotopic (exact) mass is 309 g/mol. The lowest BCUT2D eigenvalue weighted by Crippen LogP contribution is -2.03. The summed E-state index contributed by atoms with van der Waals surface area (Å²) in [5, 5.41) is 13.1. The van der Waals surface area contributed by atoms with Gasteiger partial charge in [-0.25, -0.2) is 8.42 Å². The second kappa shape index (κ2) is 5.57. The van der Waals surface area contributed by atoms with Gasteiger partial charge in [0.15, 0.2) is 0 Å². The van der Waals surface area contributed by atoms with Crippen molar-refractivity contribution in [1.82, 2.24) is 0 Å². The Kier molecular flexibility index (Phi) is 4.05. The molecule has 19 heavy (non-hydrogen) atoms. The predicted molar refractivity (Wildman–Crippen MR) is 76.5 cm³/mol. The highest BCUT2D eigenvalue weighted by Gasteiger charge is 2.20. The number of nitrogens with zero attached hydrogens (tertiary/aromatic N) is 1. The second-order valence-electron chi connectivity index (χ2n) is 3.63. The quantitative estimate of drug-likeness (QED) is 0.811. The van der Waals surface area contributed by atoms with Crippen LogP contribution in [0.5, 0.6) is 0 Å². The van der Waals surface area contributed by atoms with E-state index < -0.39 is 9.84 Å². The molecule has 2 aromatic rings. The molecule has 3 nitrogen and oxygen atoms in total. The van der Waals surface area contributed by atoms with Gasteiger partial charge in [-0.3, -0.25) is 0 Å². The minimum atomic E-state index is -3.80. The fourth-order valence-electron chi connectivity index (χ4n) is 1.42. The number of benzene rings is 1. The number of allylic oxidation sites excluding steroid dienone is 1. The minimum Gasteiger partial charge on any atom is -0.218 e. The van der Waals surface area contributed by atoms with E-state index in [4.69, 9.17) is 16.9 Å². The van der Waals surface area contributed by atoms with Gasteiger partial charge in [0.05, 0.1) is 4.90 Å². The number of rotatable bonds is 3. The van der Waals surface area contributed by atoms with Crippen molar-refractivity contribution >= 4 is 38.9 Å². The van der Waals surface area contributed by atoms with Crippen molar-refractivity contribution in [1.29, 1.82) is 5.26 Å². The molecule has 6 heteroatoms. The third kappa shape index (κ3) is 3.04. The van der Waals surface area contributed by atoms with Gasteiger partial charge < -0.3 is 0 Å². The summed E-state index contributed by atoms with van der Waals surface area (Å²) in [7, 11) is -3.80. The van der Waals surface area contributed by atoms with Gasteiger partial charge in [0.25, 0.3) is 0 Å². The molecule has 2 rings (SSSR count). The van der Waals surface area contributed by atoms with Crippen molar-refractivity contribution < 1.29 is 8.42 Å². The highest BCUT2D eigenvalue weighted by Crippen LogP contribution is 2.23. The van der Waals surface area contributed by atoms with Crippen molar-refractivity contribution in [3.63, 3.8) is 0 Å². The number of halogens is 1. The molecule has 0 spiro atoms. The molecule has 0 aliphatic rings. The molecule has 1 heterocycles. The lowest BCUT2D eigenvalue weighted by Gasteiger charge is -2.02. The van der Waals surface area contributed by atoms with Crippen molar-refractivity contribution in [3.05, 3.63) is 56.6 Å². The van der Waals surface area contributed by atoms with E-state index in [1.807, 2.05) is 5.38 Å². The van der Waals surface area contributed by atoms with Crippen molar-refractivity contribution in [2.24, 2.45) is 0 Å². The average Bonchev–Trinajstić information content (AvgIpc) is 2.89. The highest BCUT2D eigenvalue weighted by atomic mass is 35.5. The van der Waals surface area contributed by atoms with E-state index >= 15 is 0 Å². The SMILES string of the molecule is N#C/C(=C\c1ccsc1)S(=O)(=O)c1ccc(Cl)cc1. The van der Waals surface area contributed by atoms with Crippen LogP contribution in [0.25, 0.3) is 6.08 Å². The lowest BCUT2D eigenvalue weighted by molar-refractivity contribution is 0.603. The number of thiophene rings is 1. The Morgan fingerprint density at radius 1 is 1.26 bits per heavy atom. The maximum Gasteiger partial charge on any atom is 0.216 e. The summed E-state index contributed by atoms with van der Waals surface area (Å²) in [4.78, 5) is -0.229. The van der Waals surface area contributed by atoms with E-state index in [9.17, 15) is 8.42 Å². The molecule has 96 valence electrons. The van der Waals surface area contributed by atoms with E-state index in [-0.39, 0.29) is 9.80 Å². The van der Waals surface area contributed by atoms with Crippen LogP contribution < -0.4 is 0 Å². The van der Waals surface area contributed by atoms with Crippen molar-refractivity contribution in [2.45, 2.75) is 4.90 Å². The first-order valence-electron chi connectivity index (χ1n) is 5.18. The lowest BCUT2D eigenvalue weighted by atomic mass is 10.3. The highest BCUT2D eigenvalue weighted by molar-refractivity contribution is 7.95. The fourth-order valence-corrected chi connectivity index (χ4v) is 3.32. The number of sulfone groups is 1. The van der Waals surface area contributed by atoms with Gasteiger partial charge in [-0.15, -0.1) is 0 Å². The Morgan fingerprint density at radius 3 is 2.47 bits per heavy atom. The largest absolute Gasteiger partial charge is 0.218 e. The van der Waals surface area contributed by atoms with E-state index in [1.165, 1.54) is 41.7 Å². The molecule has 0 saturated heterocycles. The van der Waals surface area contributed by atoms with Gasteiger partial charge in [-0.2, -0.15) is 16.6 Å². The smallest absolute Gasteiger partial charge is 0.216 e. The van der Waals surface area contributed by atoms with E-state index in [2.05, 4.69) is 0 Å². The molecule has 0 atom stereocenters. The first kappa shape index (κ1) is 13.8. The number of nitriles is 1. The second-order valence-corrected chi connectivity index (χ2v) is 6.77. The Bertz CT molecular complexity index is 739. The van der Waals surface area contributed by atoms with Crippen molar-refractivity contribution in [2.75, 3.05) is 0 Å². The Morgan fingerprint density at radius 2 is 1.95 bits per heavy atom. The summed E-state index contributed by atoms with van der Waals surface area (Å²) in [6.07, 6.45) is 1.36. The fraction of sp³-hybridized carbons (Fsp3) is 0. The molecule has 0 N–H and O–H groups in total. The first-order chi connectivity index (χ1) is 9.04. The summed E-state index contributed by atoms with van der Waals surface area (Å²) < 4.78 is 24.5. The third-order valence-electron chi connectivity index (χ3n) is 2.36. The van der Waals surface area contributed by atoms with E-state index in [0.29, 0.717) is 10.6 Å². The number of hydrogen-bond donors (Lipinski definition) is 0. The Hall–Kier alpha value is -1.61. The van der Waals surface area contributed by atoms with Crippen LogP contribution in [0.2, 0.25) is 5.02 Å². The van der Waals surface area contributed by atoms with Crippen LogP contribution in [0.15, 0.2) is 50.9 Å². The van der Waals surface area contributed by atoms with Crippen molar-refractivity contribution in [3.8, 4) is 6.07 Å². The normalized spacial score (nSPS) is 12.1. The Labute approximate surface area is 120 Å². The topological polar surface area (TPSA) is 57.9 Å². The average molecular weight is 310 g/mol. The molecule has 0 amide bonds. The standard InChI is InChI=1S/C13H8ClNO2S2/c14-11-1-3-12(4-2-11)19(16,17)13(8-15)7-10-5-6-18-9-10/h1-7,9H/b13-7+. The molecular weight excluding hydrogens is 302 g/mol. The minimum absolute atomic E-state index is 0.0555. The number of hydrogen-bond acceptors (Lipinski definition) is 4. The molecule has 1 aromatic heterocycles. The molecule has 0 radical (unpaired) electrons. The van der Waals surface area contributed by atoms with Gasteiger partial charge in [-0.1, -0.05) is 11.6 Å². The summed E-state index contributed by atoms with van der Waals surface area (Å²) in [5.41, 5.74) is 0.694. The molecule has 1 aromatic carbocycles. The summed E-state index contributed by atoms with van der Waals surface area (Å²) in [6, 6.07) is 9.22. The van der Waals surface area contributed by atoms with Crippen LogP contribution in [-0.2, 0) is 9.84 Å². The molecule has 0 aliphatic carbocycles. The summed E-state index contributed by atoms with van der Waals surface area (Å²) >= 11 is 7.15. The maximum absolute atomic E-state index is 12.3. The first-order valence-corrected chi connectivity index (χ1v) is 7.99. The van der Waals surface area contributed by atoms with Crippen LogP contribution in [0, 0.1) is 11.3 Å². The van der Waals surface area contributed by atoms with E-state index in [0.717, 1.165) is 0 Å². The predicted octanol–water partition coefficient (Wildman–Crippen LogP) is 3.74. The van der Waals surface area contributed by atoms with Gasteiger partial charge in [0.1, 0.15) is 11.0 Å². The van der Waals surface area contributed by atoms with Gasteiger partial charge >= 0.3 is 0 Å². The Balaban J connectivity index is 2.49. The van der Waals surface area contributed by atoms with Gasteiger partial charge in [-0.05, 0) is 52.7 Å². The zero-order chi connectivity index (χ0) is 13.9. The molecular formula is C13H8ClNO2S2. The molecule has 0 aliphatic heterocycles.